The number of anilines is 2. The van der Waals surface area contributed by atoms with Crippen molar-refractivity contribution in [1.29, 1.82) is 0 Å². The SMILES string of the molecule is C=C(Br)CN1CCN(c2nccc(N3CCCCC3)n2)CC1. The van der Waals surface area contributed by atoms with E-state index in [0.717, 1.165) is 62.1 Å². The van der Waals surface area contributed by atoms with Crippen LogP contribution < -0.4 is 9.80 Å². The molecule has 2 fully saturated rings. The Kier molecular flexibility index (Phi) is 5.31. The molecule has 0 bridgehead atoms. The van der Waals surface area contributed by atoms with Crippen LogP contribution in [0.25, 0.3) is 0 Å². The standard InChI is InChI=1S/C16H24BrN5/c1-14(17)13-20-9-11-22(12-10-20)16-18-6-5-15(19-16)21-7-3-2-4-8-21/h5-6H,1-4,7-13H2. The van der Waals surface area contributed by atoms with Crippen molar-refractivity contribution in [2.45, 2.75) is 19.3 Å². The van der Waals surface area contributed by atoms with Crippen molar-refractivity contribution in [2.24, 2.45) is 0 Å². The quantitative estimate of drug-likeness (QED) is 0.818. The van der Waals surface area contributed by atoms with Gasteiger partial charge in [0, 0.05) is 56.5 Å². The van der Waals surface area contributed by atoms with Gasteiger partial charge in [-0.3, -0.25) is 4.90 Å². The third kappa shape index (κ3) is 3.98. The molecule has 3 rings (SSSR count). The van der Waals surface area contributed by atoms with Crippen molar-refractivity contribution in [3.05, 3.63) is 23.3 Å². The summed E-state index contributed by atoms with van der Waals surface area (Å²) < 4.78 is 1.05. The lowest BCUT2D eigenvalue weighted by Gasteiger charge is -2.35. The van der Waals surface area contributed by atoms with Gasteiger partial charge in [0.05, 0.1) is 0 Å². The number of halogens is 1. The predicted molar refractivity (Wildman–Crippen MR) is 94.8 cm³/mol. The molecule has 2 saturated heterocycles. The second kappa shape index (κ2) is 7.42. The van der Waals surface area contributed by atoms with Gasteiger partial charge in [0.2, 0.25) is 5.95 Å². The molecule has 1 aromatic rings. The highest BCUT2D eigenvalue weighted by molar-refractivity contribution is 9.11. The highest BCUT2D eigenvalue weighted by atomic mass is 79.9. The Hall–Kier alpha value is -1.14. The number of piperidine rings is 1. The average molecular weight is 366 g/mol. The number of rotatable bonds is 4. The molecule has 120 valence electrons. The number of aromatic nitrogens is 2. The van der Waals surface area contributed by atoms with Crippen molar-refractivity contribution >= 4 is 27.7 Å². The molecular formula is C16H24BrN5. The summed E-state index contributed by atoms with van der Waals surface area (Å²) >= 11 is 3.44. The summed E-state index contributed by atoms with van der Waals surface area (Å²) in [6.07, 6.45) is 5.79. The Labute approximate surface area is 141 Å². The lowest BCUT2D eigenvalue weighted by molar-refractivity contribution is 0.281. The zero-order chi connectivity index (χ0) is 15.4. The maximum atomic E-state index is 4.80. The van der Waals surface area contributed by atoms with E-state index >= 15 is 0 Å². The minimum absolute atomic E-state index is 0.875. The largest absolute Gasteiger partial charge is 0.356 e. The average Bonchev–Trinajstić information content (AvgIpc) is 2.56. The number of hydrogen-bond acceptors (Lipinski definition) is 5. The van der Waals surface area contributed by atoms with Gasteiger partial charge in [0.1, 0.15) is 5.82 Å². The van der Waals surface area contributed by atoms with Crippen LogP contribution in [0.15, 0.2) is 23.3 Å². The molecule has 5 nitrogen and oxygen atoms in total. The third-order valence-corrected chi connectivity index (χ3v) is 4.61. The van der Waals surface area contributed by atoms with Crippen molar-refractivity contribution in [2.75, 3.05) is 55.6 Å². The lowest BCUT2D eigenvalue weighted by atomic mass is 10.1. The van der Waals surface area contributed by atoms with Gasteiger partial charge in [-0.1, -0.05) is 22.5 Å². The first-order valence-corrected chi connectivity index (χ1v) is 8.90. The van der Waals surface area contributed by atoms with Gasteiger partial charge < -0.3 is 9.80 Å². The summed E-state index contributed by atoms with van der Waals surface area (Å²) in [5, 5.41) is 0. The smallest absolute Gasteiger partial charge is 0.227 e. The summed E-state index contributed by atoms with van der Waals surface area (Å²) in [6.45, 7) is 11.1. The molecule has 0 amide bonds. The van der Waals surface area contributed by atoms with Crippen LogP contribution >= 0.6 is 15.9 Å². The van der Waals surface area contributed by atoms with Crippen molar-refractivity contribution in [3.63, 3.8) is 0 Å². The van der Waals surface area contributed by atoms with E-state index in [1.54, 1.807) is 0 Å². The monoisotopic (exact) mass is 365 g/mol. The van der Waals surface area contributed by atoms with E-state index < -0.39 is 0 Å². The van der Waals surface area contributed by atoms with Crippen molar-refractivity contribution in [3.8, 4) is 0 Å². The second-order valence-electron chi connectivity index (χ2n) is 6.04. The number of nitrogens with zero attached hydrogens (tertiary/aromatic N) is 5. The zero-order valence-electron chi connectivity index (χ0n) is 13.0. The van der Waals surface area contributed by atoms with Crippen LogP contribution in [0.3, 0.4) is 0 Å². The Morgan fingerprint density at radius 3 is 2.45 bits per heavy atom. The lowest BCUT2D eigenvalue weighted by Crippen LogP contribution is -2.47. The molecule has 6 heteroatoms. The van der Waals surface area contributed by atoms with E-state index in [2.05, 4.69) is 42.2 Å². The van der Waals surface area contributed by atoms with Crippen LogP contribution in [0.5, 0.6) is 0 Å². The number of hydrogen-bond donors (Lipinski definition) is 0. The Morgan fingerprint density at radius 1 is 1.05 bits per heavy atom. The Morgan fingerprint density at radius 2 is 1.77 bits per heavy atom. The van der Waals surface area contributed by atoms with Gasteiger partial charge in [-0.15, -0.1) is 0 Å². The molecule has 0 spiro atoms. The fourth-order valence-electron chi connectivity index (χ4n) is 3.14. The molecule has 0 unspecified atom stereocenters. The van der Waals surface area contributed by atoms with Gasteiger partial charge in [0.15, 0.2) is 0 Å². The van der Waals surface area contributed by atoms with Crippen LogP contribution in [0.4, 0.5) is 11.8 Å². The second-order valence-corrected chi connectivity index (χ2v) is 7.16. The molecule has 0 aromatic carbocycles. The molecule has 0 saturated carbocycles. The van der Waals surface area contributed by atoms with E-state index in [1.807, 2.05) is 12.3 Å². The summed E-state index contributed by atoms with van der Waals surface area (Å²) in [7, 11) is 0. The number of piperazine rings is 1. The van der Waals surface area contributed by atoms with E-state index in [-0.39, 0.29) is 0 Å². The molecule has 0 aliphatic carbocycles. The summed E-state index contributed by atoms with van der Waals surface area (Å²) in [5.74, 6) is 1.96. The maximum absolute atomic E-state index is 4.80. The summed E-state index contributed by atoms with van der Waals surface area (Å²) in [4.78, 5) is 16.4. The molecule has 3 heterocycles. The van der Waals surface area contributed by atoms with Crippen molar-refractivity contribution in [1.82, 2.24) is 14.9 Å². The van der Waals surface area contributed by atoms with E-state index in [4.69, 9.17) is 4.98 Å². The summed E-state index contributed by atoms with van der Waals surface area (Å²) in [5.41, 5.74) is 0. The molecule has 2 aliphatic rings. The van der Waals surface area contributed by atoms with Crippen molar-refractivity contribution < 1.29 is 0 Å². The summed E-state index contributed by atoms with van der Waals surface area (Å²) in [6, 6.07) is 2.04. The van der Waals surface area contributed by atoms with Gasteiger partial charge >= 0.3 is 0 Å². The first-order chi connectivity index (χ1) is 10.7. The fraction of sp³-hybridized carbons (Fsp3) is 0.625. The van der Waals surface area contributed by atoms with Crippen LogP contribution in [0, 0.1) is 0 Å². The minimum Gasteiger partial charge on any atom is -0.356 e. The highest BCUT2D eigenvalue weighted by Crippen LogP contribution is 2.20. The molecule has 2 aliphatic heterocycles. The third-order valence-electron chi connectivity index (χ3n) is 4.36. The Bertz CT molecular complexity index is 507. The van der Waals surface area contributed by atoms with Crippen LogP contribution in [-0.4, -0.2) is 60.7 Å². The fourth-order valence-corrected chi connectivity index (χ4v) is 3.49. The molecule has 0 N–H and O–H groups in total. The Balaban J connectivity index is 1.62. The molecule has 22 heavy (non-hydrogen) atoms. The van der Waals surface area contributed by atoms with E-state index in [1.165, 1.54) is 19.3 Å². The predicted octanol–water partition coefficient (Wildman–Crippen LogP) is 2.50. The highest BCUT2D eigenvalue weighted by Gasteiger charge is 2.20. The first kappa shape index (κ1) is 15.7. The van der Waals surface area contributed by atoms with Gasteiger partial charge in [-0.2, -0.15) is 4.98 Å². The van der Waals surface area contributed by atoms with E-state index in [0.29, 0.717) is 0 Å². The molecule has 0 radical (unpaired) electrons. The van der Waals surface area contributed by atoms with Crippen LogP contribution in [-0.2, 0) is 0 Å². The zero-order valence-corrected chi connectivity index (χ0v) is 14.6. The van der Waals surface area contributed by atoms with Gasteiger partial charge in [-0.05, 0) is 25.3 Å². The molecule has 0 atom stereocenters. The molecule has 1 aromatic heterocycles. The van der Waals surface area contributed by atoms with Crippen LogP contribution in [0.2, 0.25) is 0 Å². The normalized spacial score (nSPS) is 20.2. The van der Waals surface area contributed by atoms with Gasteiger partial charge in [0.25, 0.3) is 0 Å². The molecular weight excluding hydrogens is 342 g/mol. The van der Waals surface area contributed by atoms with Gasteiger partial charge in [-0.25, -0.2) is 4.98 Å². The maximum Gasteiger partial charge on any atom is 0.227 e. The first-order valence-electron chi connectivity index (χ1n) is 8.11. The minimum atomic E-state index is 0.875. The topological polar surface area (TPSA) is 35.5 Å². The van der Waals surface area contributed by atoms with Crippen LogP contribution in [0.1, 0.15) is 19.3 Å². The van der Waals surface area contributed by atoms with E-state index in [9.17, 15) is 0 Å².